The molecular formula is C14H8N4O5S2. The molecule has 2 aromatic heterocycles. The molecule has 9 nitrogen and oxygen atoms in total. The van der Waals surface area contributed by atoms with Crippen LogP contribution >= 0.6 is 22.7 Å². The van der Waals surface area contributed by atoms with Crippen LogP contribution in [0, 0.1) is 20.2 Å². The number of hydrogen-bond acceptors (Lipinski definition) is 8. The zero-order valence-corrected chi connectivity index (χ0v) is 13.9. The normalized spacial score (nSPS) is 11.0. The lowest BCUT2D eigenvalue weighted by Gasteiger charge is -1.94. The molecule has 2 heterocycles. The van der Waals surface area contributed by atoms with Crippen LogP contribution in [0.25, 0.3) is 16.3 Å². The smallest absolute Gasteiger partial charge is 0.298 e. The number of nitrogens with one attached hydrogen (secondary N) is 1. The molecule has 0 fully saturated rings. The molecule has 11 heteroatoms. The van der Waals surface area contributed by atoms with Crippen LogP contribution in [0.5, 0.6) is 0 Å². The highest BCUT2D eigenvalue weighted by molar-refractivity contribution is 7.22. The van der Waals surface area contributed by atoms with Crippen molar-refractivity contribution in [2.24, 2.45) is 0 Å². The van der Waals surface area contributed by atoms with E-state index in [0.717, 1.165) is 22.7 Å². The van der Waals surface area contributed by atoms with Crippen LogP contribution in [-0.2, 0) is 4.79 Å². The van der Waals surface area contributed by atoms with Crippen molar-refractivity contribution in [1.29, 1.82) is 0 Å². The molecule has 3 rings (SSSR count). The number of nitrogens with zero attached hydrogens (tertiary/aromatic N) is 3. The van der Waals surface area contributed by atoms with Gasteiger partial charge in [-0.05, 0) is 18.2 Å². The second kappa shape index (κ2) is 6.75. The minimum atomic E-state index is -0.500. The van der Waals surface area contributed by atoms with Crippen LogP contribution in [0.15, 0.2) is 36.4 Å². The van der Waals surface area contributed by atoms with Crippen molar-refractivity contribution in [1.82, 2.24) is 4.98 Å². The molecule has 3 aromatic rings. The number of thiophene rings is 1. The fourth-order valence-electron chi connectivity index (χ4n) is 1.92. The maximum absolute atomic E-state index is 11.9. The third-order valence-corrected chi connectivity index (χ3v) is 4.94. The Morgan fingerprint density at radius 3 is 2.60 bits per heavy atom. The number of hydrogen-bond donors (Lipinski definition) is 1. The molecule has 1 aromatic carbocycles. The van der Waals surface area contributed by atoms with Gasteiger partial charge in [0.05, 0.1) is 20.1 Å². The number of benzene rings is 1. The van der Waals surface area contributed by atoms with Crippen LogP contribution in [0.3, 0.4) is 0 Å². The molecule has 25 heavy (non-hydrogen) atoms. The lowest BCUT2D eigenvalue weighted by Crippen LogP contribution is -2.06. The number of amides is 1. The average molecular weight is 376 g/mol. The van der Waals surface area contributed by atoms with Gasteiger partial charge in [0.2, 0.25) is 5.91 Å². The maximum Gasteiger partial charge on any atom is 0.324 e. The van der Waals surface area contributed by atoms with Crippen molar-refractivity contribution in [3.63, 3.8) is 0 Å². The lowest BCUT2D eigenvalue weighted by atomic mass is 10.3. The standard InChI is InChI=1S/C14H8N4O5S2/c19-12(5-2-9-3-6-13(24-9)18(22)23)16-14-15-10-4-1-8(17(20)21)7-11(10)25-14/h1-7H,(H,15,16,19)/b5-2+. The monoisotopic (exact) mass is 376 g/mol. The summed E-state index contributed by atoms with van der Waals surface area (Å²) in [4.78, 5) is 37.0. The van der Waals surface area contributed by atoms with E-state index in [1.165, 1.54) is 36.4 Å². The summed E-state index contributed by atoms with van der Waals surface area (Å²) in [6, 6.07) is 7.16. The second-order valence-electron chi connectivity index (χ2n) is 4.68. The van der Waals surface area contributed by atoms with E-state index in [2.05, 4.69) is 10.3 Å². The summed E-state index contributed by atoms with van der Waals surface area (Å²) >= 11 is 2.07. The summed E-state index contributed by atoms with van der Waals surface area (Å²) in [7, 11) is 0. The van der Waals surface area contributed by atoms with Gasteiger partial charge in [-0.3, -0.25) is 30.3 Å². The molecule has 1 N–H and O–H groups in total. The van der Waals surface area contributed by atoms with E-state index in [1.807, 2.05) is 0 Å². The van der Waals surface area contributed by atoms with Crippen molar-refractivity contribution in [2.75, 3.05) is 5.32 Å². The Morgan fingerprint density at radius 2 is 1.92 bits per heavy atom. The zero-order chi connectivity index (χ0) is 18.0. The third-order valence-electron chi connectivity index (χ3n) is 3.00. The van der Waals surface area contributed by atoms with Gasteiger partial charge in [-0.2, -0.15) is 0 Å². The SMILES string of the molecule is O=C(/C=C/c1ccc([N+](=O)[O-])s1)Nc1nc2ccc([N+](=O)[O-])cc2s1. The van der Waals surface area contributed by atoms with E-state index in [9.17, 15) is 25.0 Å². The van der Waals surface area contributed by atoms with E-state index >= 15 is 0 Å². The number of anilines is 1. The Balaban J connectivity index is 1.71. The Hall–Kier alpha value is -3.18. The van der Waals surface area contributed by atoms with Gasteiger partial charge < -0.3 is 0 Å². The number of fused-ring (bicyclic) bond motifs is 1. The van der Waals surface area contributed by atoms with Gasteiger partial charge in [-0.15, -0.1) is 0 Å². The molecule has 0 saturated heterocycles. The van der Waals surface area contributed by atoms with Gasteiger partial charge >= 0.3 is 5.00 Å². The van der Waals surface area contributed by atoms with Crippen LogP contribution in [0.2, 0.25) is 0 Å². The second-order valence-corrected chi connectivity index (χ2v) is 6.81. The molecule has 0 bridgehead atoms. The number of aromatic nitrogens is 1. The van der Waals surface area contributed by atoms with E-state index in [-0.39, 0.29) is 10.7 Å². The topological polar surface area (TPSA) is 128 Å². The molecule has 0 atom stereocenters. The number of nitro benzene ring substituents is 1. The van der Waals surface area contributed by atoms with E-state index in [1.54, 1.807) is 6.07 Å². The maximum atomic E-state index is 11.9. The first-order valence-electron chi connectivity index (χ1n) is 6.70. The van der Waals surface area contributed by atoms with Crippen molar-refractivity contribution < 1.29 is 14.6 Å². The fraction of sp³-hybridized carbons (Fsp3) is 0. The molecular weight excluding hydrogens is 368 g/mol. The summed E-state index contributed by atoms with van der Waals surface area (Å²) in [5.74, 6) is -0.454. The molecule has 0 unspecified atom stereocenters. The van der Waals surface area contributed by atoms with Gasteiger partial charge in [-0.1, -0.05) is 22.7 Å². The highest BCUT2D eigenvalue weighted by Crippen LogP contribution is 2.29. The highest BCUT2D eigenvalue weighted by atomic mass is 32.1. The molecule has 0 saturated carbocycles. The minimum absolute atomic E-state index is 0.00664. The number of rotatable bonds is 5. The van der Waals surface area contributed by atoms with Gasteiger partial charge in [0.25, 0.3) is 5.69 Å². The van der Waals surface area contributed by atoms with E-state index < -0.39 is 15.8 Å². The third kappa shape index (κ3) is 3.84. The van der Waals surface area contributed by atoms with Gasteiger partial charge in [0, 0.05) is 29.2 Å². The summed E-state index contributed by atoms with van der Waals surface area (Å²) in [5, 5.41) is 24.2. The minimum Gasteiger partial charge on any atom is -0.298 e. The molecule has 0 aliphatic carbocycles. The van der Waals surface area contributed by atoms with Crippen LogP contribution in [0.1, 0.15) is 4.88 Å². The van der Waals surface area contributed by atoms with Crippen molar-refractivity contribution in [2.45, 2.75) is 0 Å². The Kier molecular flexibility index (Phi) is 4.50. The molecule has 0 radical (unpaired) electrons. The molecule has 0 spiro atoms. The molecule has 0 aliphatic heterocycles. The first kappa shape index (κ1) is 16.7. The van der Waals surface area contributed by atoms with Crippen LogP contribution < -0.4 is 5.32 Å². The summed E-state index contributed by atoms with van der Waals surface area (Å²) in [6.07, 6.45) is 2.70. The predicted octanol–water partition coefficient (Wildman–Crippen LogP) is 3.83. The summed E-state index contributed by atoms with van der Waals surface area (Å²) in [6.45, 7) is 0. The first-order valence-corrected chi connectivity index (χ1v) is 8.34. The Morgan fingerprint density at radius 1 is 1.12 bits per heavy atom. The Labute approximate surface area is 147 Å². The largest absolute Gasteiger partial charge is 0.324 e. The average Bonchev–Trinajstić information content (AvgIpc) is 3.18. The predicted molar refractivity (Wildman–Crippen MR) is 94.9 cm³/mol. The summed E-state index contributed by atoms with van der Waals surface area (Å²) < 4.78 is 0.586. The number of thiazole rings is 1. The number of nitro groups is 2. The van der Waals surface area contributed by atoms with Crippen LogP contribution in [0.4, 0.5) is 15.8 Å². The first-order chi connectivity index (χ1) is 11.9. The van der Waals surface area contributed by atoms with Crippen LogP contribution in [-0.4, -0.2) is 20.7 Å². The molecule has 0 aliphatic rings. The molecule has 1 amide bonds. The summed E-state index contributed by atoms with van der Waals surface area (Å²) in [5.41, 5.74) is 0.497. The quantitative estimate of drug-likeness (QED) is 0.409. The van der Waals surface area contributed by atoms with Crippen molar-refractivity contribution in [3.8, 4) is 0 Å². The highest BCUT2D eigenvalue weighted by Gasteiger charge is 2.11. The number of carbonyl (C=O) groups excluding carboxylic acids is 1. The van der Waals surface area contributed by atoms with Gasteiger partial charge in [0.1, 0.15) is 0 Å². The molecule has 126 valence electrons. The van der Waals surface area contributed by atoms with E-state index in [0.29, 0.717) is 20.2 Å². The number of carbonyl (C=O) groups is 1. The van der Waals surface area contributed by atoms with E-state index in [4.69, 9.17) is 0 Å². The van der Waals surface area contributed by atoms with Crippen molar-refractivity contribution >= 4 is 60.7 Å². The number of non-ortho nitro benzene ring substituents is 1. The van der Waals surface area contributed by atoms with Gasteiger partial charge in [-0.25, -0.2) is 4.98 Å². The lowest BCUT2D eigenvalue weighted by molar-refractivity contribution is -0.384. The Bertz CT molecular complexity index is 1020. The zero-order valence-electron chi connectivity index (χ0n) is 12.2. The van der Waals surface area contributed by atoms with Gasteiger partial charge in [0.15, 0.2) is 5.13 Å². The fourth-order valence-corrected chi connectivity index (χ4v) is 3.54. The van der Waals surface area contributed by atoms with Crippen molar-refractivity contribution in [3.05, 3.63) is 61.5 Å².